The van der Waals surface area contributed by atoms with Gasteiger partial charge in [0.05, 0.1) is 13.3 Å². The molecule has 0 atom stereocenters. The van der Waals surface area contributed by atoms with Crippen LogP contribution in [-0.2, 0) is 6.61 Å². The largest absolute Gasteiger partial charge is 0.493 e. The topological polar surface area (TPSA) is 72.0 Å². The van der Waals surface area contributed by atoms with Gasteiger partial charge in [0.1, 0.15) is 6.61 Å². The van der Waals surface area contributed by atoms with Gasteiger partial charge in [-0.1, -0.05) is 48.0 Å². The zero-order valence-corrected chi connectivity index (χ0v) is 16.5. The number of carbonyl (C=O) groups excluding carboxylic acids is 1. The van der Waals surface area contributed by atoms with E-state index < -0.39 is 6.03 Å². The molecule has 3 aromatic carbocycles. The van der Waals surface area contributed by atoms with Crippen molar-refractivity contribution in [3.05, 3.63) is 88.9 Å². The van der Waals surface area contributed by atoms with Crippen LogP contribution in [0, 0.1) is 0 Å². The Morgan fingerprint density at radius 1 is 1.03 bits per heavy atom. The third-order valence-corrected chi connectivity index (χ3v) is 4.18. The highest BCUT2D eigenvalue weighted by Gasteiger charge is 2.10. The number of amides is 2. The Bertz CT molecular complexity index is 976. The van der Waals surface area contributed by atoms with Crippen LogP contribution in [0.4, 0.5) is 10.5 Å². The molecule has 0 saturated heterocycles. The van der Waals surface area contributed by atoms with Gasteiger partial charge in [0.25, 0.3) is 0 Å². The number of carbonyl (C=O) groups is 1. The summed E-state index contributed by atoms with van der Waals surface area (Å²) in [5.41, 5.74) is 4.73. The third kappa shape index (κ3) is 5.99. The van der Waals surface area contributed by atoms with Crippen molar-refractivity contribution in [3.63, 3.8) is 0 Å². The molecule has 0 fully saturated rings. The van der Waals surface area contributed by atoms with Gasteiger partial charge in [-0.2, -0.15) is 5.10 Å². The summed E-state index contributed by atoms with van der Waals surface area (Å²) in [4.78, 5) is 12.0. The zero-order chi connectivity index (χ0) is 20.5. The second kappa shape index (κ2) is 10.1. The normalized spacial score (nSPS) is 10.6. The molecule has 0 aliphatic heterocycles. The number of halogens is 1. The Kier molecular flexibility index (Phi) is 7.08. The summed E-state index contributed by atoms with van der Waals surface area (Å²) < 4.78 is 11.3. The Morgan fingerprint density at radius 3 is 2.52 bits per heavy atom. The van der Waals surface area contributed by atoms with Crippen molar-refractivity contribution in [1.82, 2.24) is 5.43 Å². The minimum absolute atomic E-state index is 0.381. The van der Waals surface area contributed by atoms with Crippen molar-refractivity contribution >= 4 is 29.5 Å². The first-order valence-electron chi connectivity index (χ1n) is 8.85. The van der Waals surface area contributed by atoms with Crippen LogP contribution in [0.15, 0.2) is 77.9 Å². The highest BCUT2D eigenvalue weighted by Crippen LogP contribution is 2.30. The molecule has 6 nitrogen and oxygen atoms in total. The van der Waals surface area contributed by atoms with Crippen molar-refractivity contribution < 1.29 is 14.3 Å². The molecule has 2 amide bonds. The number of urea groups is 1. The number of nitrogens with zero attached hydrogens (tertiary/aromatic N) is 1. The molecular weight excluding hydrogens is 390 g/mol. The van der Waals surface area contributed by atoms with Crippen LogP contribution in [-0.4, -0.2) is 19.4 Å². The van der Waals surface area contributed by atoms with Gasteiger partial charge < -0.3 is 14.8 Å². The second-order valence-corrected chi connectivity index (χ2v) is 6.42. The molecule has 2 N–H and O–H groups in total. The lowest BCUT2D eigenvalue weighted by molar-refractivity contribution is 0.252. The summed E-state index contributed by atoms with van der Waals surface area (Å²) in [6.45, 7) is 0.381. The van der Waals surface area contributed by atoms with Gasteiger partial charge in [-0.25, -0.2) is 10.2 Å². The monoisotopic (exact) mass is 409 g/mol. The van der Waals surface area contributed by atoms with Crippen LogP contribution >= 0.6 is 11.6 Å². The number of rotatable bonds is 7. The maximum Gasteiger partial charge on any atom is 0.339 e. The molecular formula is C22H20ClN3O3. The maximum absolute atomic E-state index is 12.0. The fourth-order valence-electron chi connectivity index (χ4n) is 2.53. The lowest BCUT2D eigenvalue weighted by atomic mass is 10.2. The molecule has 7 heteroatoms. The fourth-order valence-corrected chi connectivity index (χ4v) is 2.66. The third-order valence-electron chi connectivity index (χ3n) is 3.93. The summed E-state index contributed by atoms with van der Waals surface area (Å²) in [6, 6.07) is 21.6. The summed E-state index contributed by atoms with van der Waals surface area (Å²) in [7, 11) is 1.57. The quantitative estimate of drug-likeness (QED) is 0.422. The number of para-hydroxylation sites is 1. The van der Waals surface area contributed by atoms with E-state index in [0.29, 0.717) is 34.4 Å². The first kappa shape index (κ1) is 20.2. The van der Waals surface area contributed by atoms with Crippen molar-refractivity contribution in [3.8, 4) is 11.5 Å². The van der Waals surface area contributed by atoms with Crippen molar-refractivity contribution in [1.29, 1.82) is 0 Å². The maximum atomic E-state index is 12.0. The van der Waals surface area contributed by atoms with Gasteiger partial charge >= 0.3 is 6.03 Å². The highest BCUT2D eigenvalue weighted by molar-refractivity contribution is 6.30. The van der Waals surface area contributed by atoms with Gasteiger partial charge in [-0.15, -0.1) is 0 Å². The molecule has 0 saturated carbocycles. The molecule has 0 aromatic heterocycles. The van der Waals surface area contributed by atoms with E-state index in [0.717, 1.165) is 5.56 Å². The molecule has 0 heterocycles. The van der Waals surface area contributed by atoms with Crippen LogP contribution in [0.1, 0.15) is 11.1 Å². The van der Waals surface area contributed by atoms with Gasteiger partial charge in [0, 0.05) is 16.3 Å². The first-order chi connectivity index (χ1) is 14.2. The highest BCUT2D eigenvalue weighted by atomic mass is 35.5. The van der Waals surface area contributed by atoms with Crippen LogP contribution in [0.25, 0.3) is 0 Å². The number of nitrogens with one attached hydrogen (secondary N) is 2. The molecule has 0 bridgehead atoms. The fraction of sp³-hybridized carbons (Fsp3) is 0.0909. The Hall–Kier alpha value is -3.51. The number of hydrogen-bond acceptors (Lipinski definition) is 4. The van der Waals surface area contributed by atoms with Crippen LogP contribution in [0.3, 0.4) is 0 Å². The number of ether oxygens (including phenoxy) is 2. The minimum atomic E-state index is -0.474. The van der Waals surface area contributed by atoms with E-state index in [1.165, 1.54) is 6.21 Å². The van der Waals surface area contributed by atoms with Crippen molar-refractivity contribution in [2.45, 2.75) is 6.61 Å². The predicted molar refractivity (Wildman–Crippen MR) is 115 cm³/mol. The van der Waals surface area contributed by atoms with Crippen LogP contribution < -0.4 is 20.2 Å². The van der Waals surface area contributed by atoms with E-state index in [1.807, 2.05) is 42.5 Å². The zero-order valence-electron chi connectivity index (χ0n) is 15.8. The lowest BCUT2D eigenvalue weighted by Crippen LogP contribution is -2.24. The summed E-state index contributed by atoms with van der Waals surface area (Å²) in [6.07, 6.45) is 1.50. The molecule has 0 unspecified atom stereocenters. The van der Waals surface area contributed by atoms with Gasteiger partial charge in [-0.05, 0) is 42.0 Å². The molecule has 0 aliphatic rings. The van der Waals surface area contributed by atoms with E-state index in [9.17, 15) is 4.79 Å². The average molecular weight is 410 g/mol. The van der Waals surface area contributed by atoms with Gasteiger partial charge in [-0.3, -0.25) is 0 Å². The van der Waals surface area contributed by atoms with Crippen LogP contribution in [0.5, 0.6) is 11.5 Å². The minimum Gasteiger partial charge on any atom is -0.493 e. The lowest BCUT2D eigenvalue weighted by Gasteiger charge is -2.13. The smallest absolute Gasteiger partial charge is 0.339 e. The van der Waals surface area contributed by atoms with Gasteiger partial charge in [0.15, 0.2) is 11.5 Å². The molecule has 29 heavy (non-hydrogen) atoms. The molecule has 3 rings (SSSR count). The first-order valence-corrected chi connectivity index (χ1v) is 9.23. The Labute approximate surface area is 174 Å². The van der Waals surface area contributed by atoms with E-state index in [-0.39, 0.29) is 0 Å². The number of methoxy groups -OCH3 is 1. The van der Waals surface area contributed by atoms with E-state index >= 15 is 0 Å². The van der Waals surface area contributed by atoms with E-state index in [4.69, 9.17) is 21.1 Å². The summed E-state index contributed by atoms with van der Waals surface area (Å²) >= 11 is 5.83. The van der Waals surface area contributed by atoms with E-state index in [1.54, 1.807) is 37.4 Å². The molecule has 0 aliphatic carbocycles. The number of hydrazone groups is 1. The average Bonchev–Trinajstić information content (AvgIpc) is 2.75. The standard InChI is InChI=1S/C22H20ClN3O3/c1-28-20-9-5-8-17(21(20)29-15-16-6-3-2-4-7-16)14-24-26-22(27)25-19-12-10-18(23)11-13-19/h2-14H,15H2,1H3,(H2,25,26,27)/b24-14-. The number of hydrogen-bond donors (Lipinski definition) is 2. The predicted octanol–water partition coefficient (Wildman–Crippen LogP) is 5.08. The van der Waals surface area contributed by atoms with Crippen molar-refractivity contribution in [2.24, 2.45) is 5.10 Å². The SMILES string of the molecule is COc1cccc(/C=N\NC(=O)Nc2ccc(Cl)cc2)c1OCc1ccccc1. The number of anilines is 1. The molecule has 0 radical (unpaired) electrons. The molecule has 148 valence electrons. The Morgan fingerprint density at radius 2 is 1.79 bits per heavy atom. The van der Waals surface area contributed by atoms with Crippen LogP contribution in [0.2, 0.25) is 5.02 Å². The van der Waals surface area contributed by atoms with E-state index in [2.05, 4.69) is 15.8 Å². The second-order valence-electron chi connectivity index (χ2n) is 5.98. The summed E-state index contributed by atoms with van der Waals surface area (Å²) in [5, 5.41) is 7.25. The summed E-state index contributed by atoms with van der Waals surface area (Å²) in [5.74, 6) is 1.12. The molecule has 0 spiro atoms. The number of benzene rings is 3. The van der Waals surface area contributed by atoms with Crippen molar-refractivity contribution in [2.75, 3.05) is 12.4 Å². The molecule has 3 aromatic rings. The van der Waals surface area contributed by atoms with Gasteiger partial charge in [0.2, 0.25) is 0 Å². The Balaban J connectivity index is 1.65.